The quantitative estimate of drug-likeness (QED) is 0.457. The highest BCUT2D eigenvalue weighted by Gasteiger charge is 1.92. The molecule has 0 aromatic carbocycles. The molecule has 0 aromatic rings. The first-order chi connectivity index (χ1) is 8.41. The number of ether oxygens (including phenoxy) is 2. The summed E-state index contributed by atoms with van der Waals surface area (Å²) >= 11 is 0. The van der Waals surface area contributed by atoms with Gasteiger partial charge in [-0.15, -0.1) is 0 Å². The molecule has 4 heteroatoms. The normalized spacial score (nSPS) is 10.9. The first-order valence-electron chi connectivity index (χ1n) is 6.98. The van der Waals surface area contributed by atoms with E-state index < -0.39 is 0 Å². The third-order valence-corrected chi connectivity index (χ3v) is 2.39. The van der Waals surface area contributed by atoms with Gasteiger partial charge in [0.05, 0.1) is 0 Å². The van der Waals surface area contributed by atoms with Crippen LogP contribution in [0, 0.1) is 0 Å². The highest BCUT2D eigenvalue weighted by Crippen LogP contribution is 1.93. The molecule has 0 aliphatic heterocycles. The SMILES string of the molecule is CCCNCCCOCCCCOCCCN. The average molecular weight is 246 g/mol. The van der Waals surface area contributed by atoms with Crippen molar-refractivity contribution < 1.29 is 9.47 Å². The zero-order chi connectivity index (χ0) is 12.6. The zero-order valence-electron chi connectivity index (χ0n) is 11.4. The van der Waals surface area contributed by atoms with Gasteiger partial charge >= 0.3 is 0 Å². The molecule has 0 fully saturated rings. The number of nitrogens with one attached hydrogen (secondary N) is 1. The van der Waals surface area contributed by atoms with Crippen molar-refractivity contribution in [2.75, 3.05) is 46.1 Å². The second kappa shape index (κ2) is 15.8. The Morgan fingerprint density at radius 2 is 1.41 bits per heavy atom. The van der Waals surface area contributed by atoms with Gasteiger partial charge in [-0.05, 0) is 51.7 Å². The van der Waals surface area contributed by atoms with E-state index in [1.165, 1.54) is 6.42 Å². The zero-order valence-corrected chi connectivity index (χ0v) is 11.4. The molecule has 0 saturated carbocycles. The van der Waals surface area contributed by atoms with Crippen molar-refractivity contribution >= 4 is 0 Å². The molecule has 17 heavy (non-hydrogen) atoms. The molecule has 0 spiro atoms. The van der Waals surface area contributed by atoms with Crippen LogP contribution in [0.1, 0.15) is 39.0 Å². The molecular weight excluding hydrogens is 216 g/mol. The van der Waals surface area contributed by atoms with Crippen molar-refractivity contribution in [3.8, 4) is 0 Å². The molecule has 0 amide bonds. The fourth-order valence-corrected chi connectivity index (χ4v) is 1.40. The second-order valence-electron chi connectivity index (χ2n) is 4.18. The minimum atomic E-state index is 0.717. The molecule has 0 radical (unpaired) electrons. The first-order valence-corrected chi connectivity index (χ1v) is 6.98. The van der Waals surface area contributed by atoms with Gasteiger partial charge in [0.15, 0.2) is 0 Å². The van der Waals surface area contributed by atoms with Gasteiger partial charge in [-0.3, -0.25) is 0 Å². The maximum absolute atomic E-state index is 5.53. The van der Waals surface area contributed by atoms with E-state index in [2.05, 4.69) is 12.2 Å². The van der Waals surface area contributed by atoms with Gasteiger partial charge in [0.2, 0.25) is 0 Å². The van der Waals surface area contributed by atoms with E-state index in [-0.39, 0.29) is 0 Å². The van der Waals surface area contributed by atoms with Crippen LogP contribution in [0.5, 0.6) is 0 Å². The summed E-state index contributed by atoms with van der Waals surface area (Å²) in [7, 11) is 0. The second-order valence-corrected chi connectivity index (χ2v) is 4.18. The number of hydrogen-bond acceptors (Lipinski definition) is 4. The highest BCUT2D eigenvalue weighted by molar-refractivity contribution is 4.46. The van der Waals surface area contributed by atoms with Crippen molar-refractivity contribution in [2.45, 2.75) is 39.0 Å². The average Bonchev–Trinajstić information content (AvgIpc) is 2.35. The van der Waals surface area contributed by atoms with Gasteiger partial charge in [0.1, 0.15) is 0 Å². The van der Waals surface area contributed by atoms with Crippen LogP contribution in [0.15, 0.2) is 0 Å². The van der Waals surface area contributed by atoms with Crippen molar-refractivity contribution in [1.29, 1.82) is 0 Å². The third kappa shape index (κ3) is 15.8. The fraction of sp³-hybridized carbons (Fsp3) is 1.00. The van der Waals surface area contributed by atoms with Crippen LogP contribution in [0.3, 0.4) is 0 Å². The molecule has 0 bridgehead atoms. The van der Waals surface area contributed by atoms with Crippen LogP contribution < -0.4 is 11.1 Å². The Morgan fingerprint density at radius 1 is 0.824 bits per heavy atom. The number of hydrogen-bond donors (Lipinski definition) is 2. The monoisotopic (exact) mass is 246 g/mol. The summed E-state index contributed by atoms with van der Waals surface area (Å²) in [6.45, 7) is 8.42. The molecule has 0 aromatic heterocycles. The number of nitrogens with two attached hydrogens (primary N) is 1. The summed E-state index contributed by atoms with van der Waals surface area (Å²) in [5.74, 6) is 0. The topological polar surface area (TPSA) is 56.5 Å². The van der Waals surface area contributed by atoms with Gasteiger partial charge in [-0.1, -0.05) is 6.92 Å². The van der Waals surface area contributed by atoms with Gasteiger partial charge < -0.3 is 20.5 Å². The molecule has 104 valence electrons. The Kier molecular flexibility index (Phi) is 15.7. The first kappa shape index (κ1) is 16.8. The van der Waals surface area contributed by atoms with Crippen molar-refractivity contribution in [3.05, 3.63) is 0 Å². The number of rotatable bonds is 14. The van der Waals surface area contributed by atoms with Crippen molar-refractivity contribution in [3.63, 3.8) is 0 Å². The molecule has 0 aliphatic rings. The molecule has 4 nitrogen and oxygen atoms in total. The van der Waals surface area contributed by atoms with E-state index in [1.807, 2.05) is 0 Å². The molecule has 0 saturated heterocycles. The van der Waals surface area contributed by atoms with Crippen LogP contribution in [0.25, 0.3) is 0 Å². The lowest BCUT2D eigenvalue weighted by molar-refractivity contribution is 0.101. The van der Waals surface area contributed by atoms with Crippen LogP contribution in [0.4, 0.5) is 0 Å². The largest absolute Gasteiger partial charge is 0.381 e. The van der Waals surface area contributed by atoms with Crippen molar-refractivity contribution in [1.82, 2.24) is 5.32 Å². The smallest absolute Gasteiger partial charge is 0.0478 e. The summed E-state index contributed by atoms with van der Waals surface area (Å²) < 4.78 is 10.9. The number of unbranched alkanes of at least 4 members (excludes halogenated alkanes) is 1. The van der Waals surface area contributed by atoms with Crippen LogP contribution in [-0.2, 0) is 9.47 Å². The van der Waals surface area contributed by atoms with Crippen molar-refractivity contribution in [2.24, 2.45) is 5.73 Å². The van der Waals surface area contributed by atoms with E-state index in [9.17, 15) is 0 Å². The minimum absolute atomic E-state index is 0.717. The van der Waals surface area contributed by atoms with E-state index >= 15 is 0 Å². The summed E-state index contributed by atoms with van der Waals surface area (Å²) in [6.07, 6.45) is 5.43. The van der Waals surface area contributed by atoms with E-state index in [0.717, 1.165) is 71.7 Å². The standard InChI is InChI=1S/C13H30N2O2/c1-2-8-15-9-6-13-17-11-4-3-10-16-12-5-7-14/h15H,2-14H2,1H3. The maximum atomic E-state index is 5.53. The predicted octanol–water partition coefficient (Wildman–Crippen LogP) is 1.54. The lowest BCUT2D eigenvalue weighted by Crippen LogP contribution is -2.17. The van der Waals surface area contributed by atoms with E-state index in [4.69, 9.17) is 15.2 Å². The lowest BCUT2D eigenvalue weighted by Gasteiger charge is -2.06. The van der Waals surface area contributed by atoms with Crippen LogP contribution in [-0.4, -0.2) is 46.1 Å². The molecule has 0 rings (SSSR count). The van der Waals surface area contributed by atoms with Gasteiger partial charge in [0.25, 0.3) is 0 Å². The molecule has 0 heterocycles. The Labute approximate surface area is 106 Å². The summed E-state index contributed by atoms with van der Waals surface area (Å²) in [5.41, 5.74) is 5.36. The minimum Gasteiger partial charge on any atom is -0.381 e. The van der Waals surface area contributed by atoms with Crippen LogP contribution >= 0.6 is 0 Å². The summed E-state index contributed by atoms with van der Waals surface area (Å²) in [4.78, 5) is 0. The Morgan fingerprint density at radius 3 is 2.00 bits per heavy atom. The maximum Gasteiger partial charge on any atom is 0.0478 e. The Hall–Kier alpha value is -0.160. The van der Waals surface area contributed by atoms with E-state index in [1.54, 1.807) is 0 Å². The summed E-state index contributed by atoms with van der Waals surface area (Å²) in [5, 5.41) is 3.36. The fourth-order valence-electron chi connectivity index (χ4n) is 1.40. The third-order valence-electron chi connectivity index (χ3n) is 2.39. The Bertz CT molecular complexity index is 121. The van der Waals surface area contributed by atoms with Gasteiger partial charge in [-0.2, -0.15) is 0 Å². The molecule has 0 atom stereocenters. The van der Waals surface area contributed by atoms with Gasteiger partial charge in [-0.25, -0.2) is 0 Å². The predicted molar refractivity (Wildman–Crippen MR) is 72.3 cm³/mol. The molecule has 0 aliphatic carbocycles. The van der Waals surface area contributed by atoms with Gasteiger partial charge in [0, 0.05) is 26.4 Å². The van der Waals surface area contributed by atoms with E-state index in [0.29, 0.717) is 0 Å². The summed E-state index contributed by atoms with van der Waals surface area (Å²) in [6, 6.07) is 0. The Balaban J connectivity index is 2.85. The lowest BCUT2D eigenvalue weighted by atomic mass is 10.3. The molecule has 0 unspecified atom stereocenters. The highest BCUT2D eigenvalue weighted by atomic mass is 16.5. The molecule has 3 N–H and O–H groups in total. The molecular formula is C13H30N2O2. The van der Waals surface area contributed by atoms with Crippen LogP contribution in [0.2, 0.25) is 0 Å².